The van der Waals surface area contributed by atoms with Crippen molar-refractivity contribution in [2.24, 2.45) is 5.92 Å². The number of hydrogen-bond acceptors (Lipinski definition) is 3. The molecule has 4 nitrogen and oxygen atoms in total. The van der Waals surface area contributed by atoms with Gasteiger partial charge in [-0.1, -0.05) is 36.4 Å². The van der Waals surface area contributed by atoms with E-state index in [1.54, 1.807) is 13.0 Å². The second-order valence-corrected chi connectivity index (χ2v) is 4.90. The maximum absolute atomic E-state index is 11.2. The molecule has 96 valence electrons. The van der Waals surface area contributed by atoms with E-state index in [4.69, 9.17) is 4.74 Å². The van der Waals surface area contributed by atoms with E-state index in [0.717, 1.165) is 5.56 Å². The minimum Gasteiger partial charge on any atom is -0.366 e. The van der Waals surface area contributed by atoms with Gasteiger partial charge in [-0.25, -0.2) is 0 Å². The molecule has 1 aromatic rings. The van der Waals surface area contributed by atoms with Gasteiger partial charge in [0.05, 0.1) is 12.0 Å². The lowest BCUT2D eigenvalue weighted by atomic mass is 9.79. The van der Waals surface area contributed by atoms with Crippen molar-refractivity contribution in [3.8, 4) is 0 Å². The minimum absolute atomic E-state index is 0.0813. The Morgan fingerprint density at radius 2 is 2.17 bits per heavy atom. The summed E-state index contributed by atoms with van der Waals surface area (Å²) >= 11 is 0. The van der Waals surface area contributed by atoms with Crippen LogP contribution in [0.3, 0.4) is 0 Å². The summed E-state index contributed by atoms with van der Waals surface area (Å²) in [5.74, 6) is -0.175. The van der Waals surface area contributed by atoms with E-state index < -0.39 is 5.54 Å². The van der Waals surface area contributed by atoms with Gasteiger partial charge in [-0.2, -0.15) is 0 Å². The quantitative estimate of drug-likeness (QED) is 0.468. The number of ether oxygens (including phenoxy) is 1. The van der Waals surface area contributed by atoms with Crippen LogP contribution in [0.25, 0.3) is 0 Å². The number of nitrogens with zero attached hydrogens (tertiary/aromatic N) is 1. The topological polar surface area (TPSA) is 52.4 Å². The molecule has 1 aliphatic heterocycles. The lowest BCUT2D eigenvalue weighted by molar-refractivity contribution is -0.584. The van der Waals surface area contributed by atoms with Crippen LogP contribution in [0.5, 0.6) is 0 Å². The molecule has 0 aliphatic carbocycles. The standard InChI is InChI=1S/C14H17NO3/c1-3-12-9-13(11-7-5-4-6-8-11)18-10-14(12,2)15(16)17/h3-8,12-13H,1,9-10H2,2H3/t12-,13-,14+/m0/s1. The van der Waals surface area contributed by atoms with Crippen LogP contribution in [0.4, 0.5) is 0 Å². The maximum atomic E-state index is 11.2. The molecular weight excluding hydrogens is 230 g/mol. The molecule has 1 aliphatic rings. The molecule has 0 amide bonds. The molecule has 0 radical (unpaired) electrons. The zero-order valence-corrected chi connectivity index (χ0v) is 10.4. The van der Waals surface area contributed by atoms with Crippen molar-refractivity contribution < 1.29 is 9.66 Å². The molecule has 0 unspecified atom stereocenters. The molecule has 2 rings (SSSR count). The summed E-state index contributed by atoms with van der Waals surface area (Å²) in [5, 5.41) is 11.2. The highest BCUT2D eigenvalue weighted by atomic mass is 16.6. The molecular formula is C14H17NO3. The van der Waals surface area contributed by atoms with Crippen molar-refractivity contribution in [1.82, 2.24) is 0 Å². The van der Waals surface area contributed by atoms with Gasteiger partial charge in [0.2, 0.25) is 5.54 Å². The highest BCUT2D eigenvalue weighted by molar-refractivity contribution is 5.19. The van der Waals surface area contributed by atoms with E-state index >= 15 is 0 Å². The van der Waals surface area contributed by atoms with Crippen LogP contribution in [0.1, 0.15) is 25.0 Å². The maximum Gasteiger partial charge on any atom is 0.248 e. The summed E-state index contributed by atoms with van der Waals surface area (Å²) in [6, 6.07) is 9.81. The van der Waals surface area contributed by atoms with Crippen LogP contribution in [-0.2, 0) is 4.74 Å². The molecule has 0 aromatic heterocycles. The van der Waals surface area contributed by atoms with Crippen LogP contribution in [0.15, 0.2) is 43.0 Å². The second-order valence-electron chi connectivity index (χ2n) is 4.90. The van der Waals surface area contributed by atoms with E-state index in [0.29, 0.717) is 6.42 Å². The highest BCUT2D eigenvalue weighted by Gasteiger charge is 2.49. The Bertz CT molecular complexity index is 446. The molecule has 0 spiro atoms. The predicted molar refractivity (Wildman–Crippen MR) is 68.8 cm³/mol. The van der Waals surface area contributed by atoms with Crippen LogP contribution < -0.4 is 0 Å². The molecule has 1 fully saturated rings. The van der Waals surface area contributed by atoms with Gasteiger partial charge in [0, 0.05) is 11.8 Å². The van der Waals surface area contributed by atoms with E-state index in [-0.39, 0.29) is 23.6 Å². The van der Waals surface area contributed by atoms with Crippen molar-refractivity contribution in [3.63, 3.8) is 0 Å². The Labute approximate surface area is 106 Å². The van der Waals surface area contributed by atoms with Crippen LogP contribution in [-0.4, -0.2) is 17.1 Å². The summed E-state index contributed by atoms with van der Waals surface area (Å²) in [5.41, 5.74) is 0.00211. The number of benzene rings is 1. The van der Waals surface area contributed by atoms with Crippen LogP contribution >= 0.6 is 0 Å². The Balaban J connectivity index is 2.19. The monoisotopic (exact) mass is 247 g/mol. The molecule has 3 atom stereocenters. The third-order valence-electron chi connectivity index (χ3n) is 3.72. The van der Waals surface area contributed by atoms with Crippen molar-refractivity contribution in [2.45, 2.75) is 25.0 Å². The average molecular weight is 247 g/mol. The number of rotatable bonds is 3. The van der Waals surface area contributed by atoms with Gasteiger partial charge in [-0.05, 0) is 12.0 Å². The van der Waals surface area contributed by atoms with Gasteiger partial charge in [0.1, 0.15) is 6.61 Å². The first-order chi connectivity index (χ1) is 8.58. The largest absolute Gasteiger partial charge is 0.366 e. The number of hydrogen-bond donors (Lipinski definition) is 0. The second kappa shape index (κ2) is 4.90. The molecule has 4 heteroatoms. The van der Waals surface area contributed by atoms with Gasteiger partial charge in [0.25, 0.3) is 0 Å². The van der Waals surface area contributed by atoms with Crippen LogP contribution in [0, 0.1) is 16.0 Å². The summed E-state index contributed by atoms with van der Waals surface area (Å²) in [4.78, 5) is 10.9. The molecule has 1 aromatic carbocycles. The summed E-state index contributed by atoms with van der Waals surface area (Å²) in [6.45, 7) is 5.48. The van der Waals surface area contributed by atoms with Crippen LogP contribution in [0.2, 0.25) is 0 Å². The molecule has 18 heavy (non-hydrogen) atoms. The summed E-state index contributed by atoms with van der Waals surface area (Å²) < 4.78 is 5.68. The lowest BCUT2D eigenvalue weighted by Gasteiger charge is -2.36. The predicted octanol–water partition coefficient (Wildman–Crippen LogP) is 2.99. The lowest BCUT2D eigenvalue weighted by Crippen LogP contribution is -2.50. The first-order valence-electron chi connectivity index (χ1n) is 6.01. The van der Waals surface area contributed by atoms with Crippen molar-refractivity contribution >= 4 is 0 Å². The van der Waals surface area contributed by atoms with E-state index in [1.165, 1.54) is 0 Å². The Morgan fingerprint density at radius 1 is 1.50 bits per heavy atom. The van der Waals surface area contributed by atoms with Crippen molar-refractivity contribution in [3.05, 3.63) is 58.7 Å². The molecule has 1 saturated heterocycles. The summed E-state index contributed by atoms with van der Waals surface area (Å²) in [6.07, 6.45) is 2.20. The third-order valence-corrected chi connectivity index (χ3v) is 3.72. The smallest absolute Gasteiger partial charge is 0.248 e. The molecule has 0 N–H and O–H groups in total. The fraction of sp³-hybridized carbons (Fsp3) is 0.429. The van der Waals surface area contributed by atoms with Crippen molar-refractivity contribution in [2.75, 3.05) is 6.61 Å². The Kier molecular flexibility index (Phi) is 3.48. The highest BCUT2D eigenvalue weighted by Crippen LogP contribution is 2.39. The van der Waals surface area contributed by atoms with Gasteiger partial charge in [-0.15, -0.1) is 6.58 Å². The normalized spacial score (nSPS) is 31.8. The zero-order chi connectivity index (χ0) is 13.2. The molecule has 0 saturated carbocycles. The first kappa shape index (κ1) is 12.8. The zero-order valence-electron chi connectivity index (χ0n) is 10.4. The fourth-order valence-corrected chi connectivity index (χ4v) is 2.37. The van der Waals surface area contributed by atoms with E-state index in [1.807, 2.05) is 30.3 Å². The van der Waals surface area contributed by atoms with Gasteiger partial charge >= 0.3 is 0 Å². The van der Waals surface area contributed by atoms with Gasteiger partial charge in [0.15, 0.2) is 0 Å². The van der Waals surface area contributed by atoms with E-state index in [2.05, 4.69) is 6.58 Å². The van der Waals surface area contributed by atoms with Gasteiger partial charge in [-0.3, -0.25) is 10.1 Å². The van der Waals surface area contributed by atoms with Crippen molar-refractivity contribution in [1.29, 1.82) is 0 Å². The number of nitro groups is 1. The fourth-order valence-electron chi connectivity index (χ4n) is 2.37. The molecule has 0 bridgehead atoms. The molecule has 1 heterocycles. The third kappa shape index (κ3) is 2.16. The van der Waals surface area contributed by atoms with Gasteiger partial charge < -0.3 is 4.74 Å². The van der Waals surface area contributed by atoms with E-state index in [9.17, 15) is 10.1 Å². The summed E-state index contributed by atoms with van der Waals surface area (Å²) in [7, 11) is 0. The minimum atomic E-state index is -1.06. The Morgan fingerprint density at radius 3 is 2.72 bits per heavy atom. The first-order valence-corrected chi connectivity index (χ1v) is 6.01. The SMILES string of the molecule is C=C[C@H]1C[C@@H](c2ccccc2)OC[C@@]1(C)[N+](=O)[O-]. The average Bonchev–Trinajstić information content (AvgIpc) is 2.40. The Hall–Kier alpha value is -1.68.